The molecule has 1 aliphatic rings. The van der Waals surface area contributed by atoms with E-state index in [0.29, 0.717) is 23.5 Å². The van der Waals surface area contributed by atoms with Gasteiger partial charge >= 0.3 is 0 Å². The van der Waals surface area contributed by atoms with E-state index in [4.69, 9.17) is 5.73 Å². The number of thiazole rings is 1. The van der Waals surface area contributed by atoms with Crippen LogP contribution in [-0.4, -0.2) is 39.9 Å². The summed E-state index contributed by atoms with van der Waals surface area (Å²) < 4.78 is 0. The summed E-state index contributed by atoms with van der Waals surface area (Å²) in [5, 5.41) is 3.34. The average molecular weight is 299 g/mol. The highest BCUT2D eigenvalue weighted by Crippen LogP contribution is 2.32. The summed E-state index contributed by atoms with van der Waals surface area (Å²) in [6.07, 6.45) is 3.42. The van der Waals surface area contributed by atoms with Crippen LogP contribution in [0.1, 0.15) is 41.7 Å². The molecule has 4 nitrogen and oxygen atoms in total. The van der Waals surface area contributed by atoms with E-state index in [-0.39, 0.29) is 5.91 Å². The Hall–Kier alpha value is -0.590. The molecule has 2 atom stereocenters. The topological polar surface area (TPSA) is 59.2 Å². The number of aromatic nitrogens is 1. The number of nitrogens with two attached hydrogens (primary N) is 1. The zero-order chi connectivity index (χ0) is 13.8. The number of carbonyl (C=O) groups is 1. The number of hydrogen-bond donors (Lipinski definition) is 1. The van der Waals surface area contributed by atoms with E-state index in [2.05, 4.69) is 11.9 Å². The van der Waals surface area contributed by atoms with Crippen LogP contribution in [0.3, 0.4) is 0 Å². The third-order valence-electron chi connectivity index (χ3n) is 3.57. The maximum absolute atomic E-state index is 12.3. The standard InChI is InChI=1S/C13H21N3OS2/c1-3-18-10-5-4-9(6-10)16(2)13(17)11-8-19-12(7-14)15-11/h8-10H,3-7,14H2,1-2H3. The van der Waals surface area contributed by atoms with Gasteiger partial charge in [0.05, 0.1) is 0 Å². The van der Waals surface area contributed by atoms with Crippen LogP contribution in [0.15, 0.2) is 5.38 Å². The van der Waals surface area contributed by atoms with Crippen molar-refractivity contribution in [1.29, 1.82) is 0 Å². The van der Waals surface area contributed by atoms with Crippen LogP contribution in [0.5, 0.6) is 0 Å². The Bertz CT molecular complexity index is 435. The van der Waals surface area contributed by atoms with Crippen LogP contribution in [0.25, 0.3) is 0 Å². The fourth-order valence-corrected chi connectivity index (χ4v) is 4.29. The Kier molecular flexibility index (Phi) is 5.24. The van der Waals surface area contributed by atoms with Gasteiger partial charge in [0.25, 0.3) is 5.91 Å². The van der Waals surface area contributed by atoms with Crippen molar-refractivity contribution in [1.82, 2.24) is 9.88 Å². The molecular formula is C13H21N3OS2. The van der Waals surface area contributed by atoms with Crippen LogP contribution < -0.4 is 5.73 Å². The lowest BCUT2D eigenvalue weighted by atomic mass is 10.2. The van der Waals surface area contributed by atoms with Gasteiger partial charge in [-0.2, -0.15) is 11.8 Å². The van der Waals surface area contributed by atoms with Crippen LogP contribution >= 0.6 is 23.1 Å². The highest BCUT2D eigenvalue weighted by atomic mass is 32.2. The molecule has 0 saturated heterocycles. The number of nitrogens with zero attached hydrogens (tertiary/aromatic N) is 2. The van der Waals surface area contributed by atoms with Gasteiger partial charge in [-0.05, 0) is 25.0 Å². The second-order valence-electron chi connectivity index (χ2n) is 4.79. The van der Waals surface area contributed by atoms with E-state index >= 15 is 0 Å². The fraction of sp³-hybridized carbons (Fsp3) is 0.692. The Balaban J connectivity index is 1.96. The first-order valence-electron chi connectivity index (χ1n) is 6.69. The second kappa shape index (κ2) is 6.72. The van der Waals surface area contributed by atoms with E-state index in [1.54, 1.807) is 0 Å². The maximum Gasteiger partial charge on any atom is 0.273 e. The van der Waals surface area contributed by atoms with Crippen molar-refractivity contribution < 1.29 is 4.79 Å². The minimum absolute atomic E-state index is 0.0306. The third kappa shape index (κ3) is 3.49. The molecule has 0 aliphatic heterocycles. The average Bonchev–Trinajstić information content (AvgIpc) is 3.06. The molecule has 1 aliphatic carbocycles. The highest BCUT2D eigenvalue weighted by molar-refractivity contribution is 7.99. The van der Waals surface area contributed by atoms with Crippen LogP contribution in [0.4, 0.5) is 0 Å². The Labute approximate surface area is 122 Å². The molecule has 0 radical (unpaired) electrons. The van der Waals surface area contributed by atoms with Gasteiger partial charge in [0.15, 0.2) is 0 Å². The van der Waals surface area contributed by atoms with Gasteiger partial charge in [-0.1, -0.05) is 6.92 Å². The smallest absolute Gasteiger partial charge is 0.273 e. The van der Waals surface area contributed by atoms with Crippen molar-refractivity contribution in [3.63, 3.8) is 0 Å². The van der Waals surface area contributed by atoms with Crippen molar-refractivity contribution in [3.05, 3.63) is 16.1 Å². The molecule has 2 rings (SSSR count). The van der Waals surface area contributed by atoms with Crippen molar-refractivity contribution in [2.75, 3.05) is 12.8 Å². The molecule has 0 bridgehead atoms. The normalized spacial score (nSPS) is 22.7. The summed E-state index contributed by atoms with van der Waals surface area (Å²) in [6, 6.07) is 0.361. The largest absolute Gasteiger partial charge is 0.337 e. The molecule has 1 heterocycles. The van der Waals surface area contributed by atoms with Gasteiger partial charge in [0.2, 0.25) is 0 Å². The van der Waals surface area contributed by atoms with E-state index in [1.165, 1.54) is 17.8 Å². The number of hydrogen-bond acceptors (Lipinski definition) is 5. The first-order chi connectivity index (χ1) is 9.15. The van der Waals surface area contributed by atoms with Gasteiger partial charge < -0.3 is 10.6 Å². The van der Waals surface area contributed by atoms with Crippen LogP contribution in [-0.2, 0) is 6.54 Å². The van der Waals surface area contributed by atoms with Gasteiger partial charge in [-0.15, -0.1) is 11.3 Å². The van der Waals surface area contributed by atoms with Crippen LogP contribution in [0, 0.1) is 0 Å². The monoisotopic (exact) mass is 299 g/mol. The van der Waals surface area contributed by atoms with Crippen molar-refractivity contribution in [2.45, 2.75) is 44.0 Å². The van der Waals surface area contributed by atoms with E-state index in [1.807, 2.05) is 29.1 Å². The minimum atomic E-state index is 0.0306. The zero-order valence-electron chi connectivity index (χ0n) is 11.5. The van der Waals surface area contributed by atoms with Crippen molar-refractivity contribution >= 4 is 29.0 Å². The Morgan fingerprint density at radius 1 is 1.63 bits per heavy atom. The quantitative estimate of drug-likeness (QED) is 0.906. The molecule has 1 amide bonds. The van der Waals surface area contributed by atoms with E-state index in [9.17, 15) is 4.79 Å². The maximum atomic E-state index is 12.3. The molecule has 0 aromatic carbocycles. The lowest BCUT2D eigenvalue weighted by Crippen LogP contribution is -2.35. The molecule has 106 valence electrons. The minimum Gasteiger partial charge on any atom is -0.337 e. The lowest BCUT2D eigenvalue weighted by molar-refractivity contribution is 0.0730. The fourth-order valence-electron chi connectivity index (χ4n) is 2.51. The van der Waals surface area contributed by atoms with Gasteiger partial charge in [0.1, 0.15) is 10.7 Å². The number of amides is 1. The Morgan fingerprint density at radius 3 is 3.05 bits per heavy atom. The summed E-state index contributed by atoms with van der Waals surface area (Å²) >= 11 is 3.47. The van der Waals surface area contributed by atoms with Crippen molar-refractivity contribution in [3.8, 4) is 0 Å². The predicted octanol–water partition coefficient (Wildman–Crippen LogP) is 2.35. The van der Waals surface area contributed by atoms with E-state index < -0.39 is 0 Å². The molecular weight excluding hydrogens is 278 g/mol. The molecule has 2 unspecified atom stereocenters. The SMILES string of the molecule is CCSC1CCC(N(C)C(=O)c2csc(CN)n2)C1. The summed E-state index contributed by atoms with van der Waals surface area (Å²) in [6.45, 7) is 2.59. The Morgan fingerprint density at radius 2 is 2.42 bits per heavy atom. The molecule has 1 fully saturated rings. The number of rotatable bonds is 5. The van der Waals surface area contributed by atoms with Gasteiger partial charge in [0, 0.05) is 30.3 Å². The predicted molar refractivity (Wildman–Crippen MR) is 81.7 cm³/mol. The third-order valence-corrected chi connectivity index (χ3v) is 5.68. The lowest BCUT2D eigenvalue weighted by Gasteiger charge is -2.23. The second-order valence-corrected chi connectivity index (χ2v) is 7.31. The number of carbonyl (C=O) groups excluding carboxylic acids is 1. The zero-order valence-corrected chi connectivity index (χ0v) is 13.1. The van der Waals surface area contributed by atoms with Crippen LogP contribution in [0.2, 0.25) is 0 Å². The molecule has 0 spiro atoms. The van der Waals surface area contributed by atoms with Gasteiger partial charge in [-0.3, -0.25) is 4.79 Å². The molecule has 2 N–H and O–H groups in total. The summed E-state index contributed by atoms with van der Waals surface area (Å²) in [4.78, 5) is 18.5. The summed E-state index contributed by atoms with van der Waals surface area (Å²) in [7, 11) is 1.90. The molecule has 1 saturated carbocycles. The highest BCUT2D eigenvalue weighted by Gasteiger charge is 2.30. The molecule has 6 heteroatoms. The molecule has 19 heavy (non-hydrogen) atoms. The molecule has 1 aromatic heterocycles. The van der Waals surface area contributed by atoms with Crippen molar-refractivity contribution in [2.24, 2.45) is 5.73 Å². The summed E-state index contributed by atoms with van der Waals surface area (Å²) in [5.74, 6) is 1.18. The summed E-state index contributed by atoms with van der Waals surface area (Å²) in [5.41, 5.74) is 6.07. The first-order valence-corrected chi connectivity index (χ1v) is 8.61. The van der Waals surface area contributed by atoms with E-state index in [0.717, 1.165) is 23.6 Å². The first kappa shape index (κ1) is 14.8. The van der Waals surface area contributed by atoms with Gasteiger partial charge in [-0.25, -0.2) is 4.98 Å². The number of thioether (sulfide) groups is 1. The molecule has 1 aromatic rings.